The molecule has 6 heteroatoms. The van der Waals surface area contributed by atoms with Crippen molar-refractivity contribution in [2.24, 2.45) is 11.8 Å². The van der Waals surface area contributed by atoms with Gasteiger partial charge < -0.3 is 15.3 Å². The molecule has 1 saturated heterocycles. The predicted octanol–water partition coefficient (Wildman–Crippen LogP) is 2.90. The Labute approximate surface area is 169 Å². The molecule has 6 nitrogen and oxygen atoms in total. The number of amides is 2. The number of hydrogen-bond donors (Lipinski definition) is 2. The molecule has 2 aromatic carbocycles. The van der Waals surface area contributed by atoms with E-state index in [1.54, 1.807) is 4.90 Å². The van der Waals surface area contributed by atoms with Crippen molar-refractivity contribution in [3.8, 4) is 0 Å². The van der Waals surface area contributed by atoms with Crippen LogP contribution in [0, 0.1) is 11.8 Å². The smallest absolute Gasteiger partial charge is 0.308 e. The van der Waals surface area contributed by atoms with E-state index in [1.807, 2.05) is 54.6 Å². The van der Waals surface area contributed by atoms with Crippen LogP contribution in [0.2, 0.25) is 0 Å². The maximum atomic E-state index is 12.8. The molecule has 3 unspecified atom stereocenters. The van der Waals surface area contributed by atoms with Crippen molar-refractivity contribution < 1.29 is 19.5 Å². The van der Waals surface area contributed by atoms with Gasteiger partial charge in [-0.1, -0.05) is 48.5 Å². The van der Waals surface area contributed by atoms with Gasteiger partial charge in [0.15, 0.2) is 0 Å². The van der Waals surface area contributed by atoms with Crippen LogP contribution < -0.4 is 5.32 Å². The summed E-state index contributed by atoms with van der Waals surface area (Å²) < 4.78 is 0. The molecule has 2 N–H and O–H groups in total. The summed E-state index contributed by atoms with van der Waals surface area (Å²) in [5, 5.41) is 12.5. The largest absolute Gasteiger partial charge is 0.481 e. The first kappa shape index (κ1) is 19.2. The van der Waals surface area contributed by atoms with Crippen molar-refractivity contribution in [1.82, 2.24) is 4.90 Å². The summed E-state index contributed by atoms with van der Waals surface area (Å²) in [6, 6.07) is 17.2. The van der Waals surface area contributed by atoms with Crippen molar-refractivity contribution >= 4 is 23.5 Å². The Balaban J connectivity index is 1.39. The number of nitrogens with zero attached hydrogens (tertiary/aromatic N) is 1. The van der Waals surface area contributed by atoms with Crippen LogP contribution in [0.1, 0.15) is 29.9 Å². The molecule has 1 fully saturated rings. The SMILES string of the molecule is O=C1Nc2ccccc2CC1CCC(=O)N1CC(C(=O)O)C(c2ccccc2)C1. The van der Waals surface area contributed by atoms with E-state index in [0.717, 1.165) is 16.8 Å². The molecule has 29 heavy (non-hydrogen) atoms. The number of hydrogen-bond acceptors (Lipinski definition) is 3. The van der Waals surface area contributed by atoms with Gasteiger partial charge in [0.05, 0.1) is 5.92 Å². The highest BCUT2D eigenvalue weighted by atomic mass is 16.4. The minimum absolute atomic E-state index is 0.0523. The lowest BCUT2D eigenvalue weighted by atomic mass is 9.89. The fraction of sp³-hybridized carbons (Fsp3) is 0.348. The number of fused-ring (bicyclic) bond motifs is 1. The summed E-state index contributed by atoms with van der Waals surface area (Å²) in [5.74, 6) is -2.06. The van der Waals surface area contributed by atoms with Crippen molar-refractivity contribution in [2.45, 2.75) is 25.2 Å². The lowest BCUT2D eigenvalue weighted by Gasteiger charge is -2.25. The standard InChI is InChI=1S/C23H24N2O4/c26-21(11-10-17-12-16-8-4-5-9-20(16)24-22(17)27)25-13-18(19(14-25)23(28)29)15-6-2-1-3-7-15/h1-9,17-19H,10-14H2,(H,24,27)(H,28,29). The maximum absolute atomic E-state index is 12.8. The average Bonchev–Trinajstić information content (AvgIpc) is 3.18. The van der Waals surface area contributed by atoms with E-state index in [4.69, 9.17) is 0 Å². The summed E-state index contributed by atoms with van der Waals surface area (Å²) in [5.41, 5.74) is 2.87. The predicted molar refractivity (Wildman–Crippen MR) is 108 cm³/mol. The van der Waals surface area contributed by atoms with Crippen LogP contribution in [0.5, 0.6) is 0 Å². The Morgan fingerprint density at radius 1 is 1.03 bits per heavy atom. The highest BCUT2D eigenvalue weighted by molar-refractivity contribution is 5.96. The first-order chi connectivity index (χ1) is 14.0. The van der Waals surface area contributed by atoms with Crippen LogP contribution in [0.4, 0.5) is 5.69 Å². The third-order valence-electron chi connectivity index (χ3n) is 6.04. The van der Waals surface area contributed by atoms with Crippen LogP contribution in [0.25, 0.3) is 0 Å². The molecule has 2 heterocycles. The van der Waals surface area contributed by atoms with E-state index in [9.17, 15) is 19.5 Å². The first-order valence-electron chi connectivity index (χ1n) is 9.97. The summed E-state index contributed by atoms with van der Waals surface area (Å²) >= 11 is 0. The molecular weight excluding hydrogens is 368 g/mol. The van der Waals surface area contributed by atoms with Crippen LogP contribution in [-0.4, -0.2) is 40.9 Å². The zero-order chi connectivity index (χ0) is 20.4. The van der Waals surface area contributed by atoms with Gasteiger partial charge in [-0.2, -0.15) is 0 Å². The number of carbonyl (C=O) groups excluding carboxylic acids is 2. The minimum Gasteiger partial charge on any atom is -0.481 e. The molecular formula is C23H24N2O4. The van der Waals surface area contributed by atoms with Crippen molar-refractivity contribution in [3.05, 3.63) is 65.7 Å². The van der Waals surface area contributed by atoms with Gasteiger partial charge in [0.2, 0.25) is 11.8 Å². The van der Waals surface area contributed by atoms with Crippen molar-refractivity contribution in [1.29, 1.82) is 0 Å². The van der Waals surface area contributed by atoms with Crippen molar-refractivity contribution in [3.63, 3.8) is 0 Å². The molecule has 0 radical (unpaired) electrons. The number of carbonyl (C=O) groups is 3. The Morgan fingerprint density at radius 2 is 1.76 bits per heavy atom. The second-order valence-corrected chi connectivity index (χ2v) is 7.85. The van der Waals surface area contributed by atoms with E-state index in [2.05, 4.69) is 5.32 Å². The van der Waals surface area contributed by atoms with Gasteiger partial charge in [0, 0.05) is 37.0 Å². The van der Waals surface area contributed by atoms with E-state index in [0.29, 0.717) is 19.4 Å². The van der Waals surface area contributed by atoms with E-state index in [1.165, 1.54) is 0 Å². The summed E-state index contributed by atoms with van der Waals surface area (Å²) in [4.78, 5) is 38.5. The monoisotopic (exact) mass is 392 g/mol. The zero-order valence-corrected chi connectivity index (χ0v) is 16.1. The van der Waals surface area contributed by atoms with E-state index >= 15 is 0 Å². The summed E-state index contributed by atoms with van der Waals surface area (Å²) in [6.07, 6.45) is 1.33. The number of carboxylic acids is 1. The zero-order valence-electron chi connectivity index (χ0n) is 16.1. The molecule has 150 valence electrons. The number of nitrogens with one attached hydrogen (secondary N) is 1. The Kier molecular flexibility index (Phi) is 5.34. The maximum Gasteiger partial charge on any atom is 0.308 e. The number of benzene rings is 2. The van der Waals surface area contributed by atoms with E-state index in [-0.39, 0.29) is 36.6 Å². The topological polar surface area (TPSA) is 86.7 Å². The molecule has 3 atom stereocenters. The number of carboxylic acid groups (broad SMARTS) is 1. The lowest BCUT2D eigenvalue weighted by Crippen LogP contribution is -2.33. The number of anilines is 1. The number of rotatable bonds is 5. The van der Waals surface area contributed by atoms with Crippen LogP contribution in [0.3, 0.4) is 0 Å². The molecule has 2 amide bonds. The third kappa shape index (κ3) is 4.01. The van der Waals surface area contributed by atoms with Crippen LogP contribution >= 0.6 is 0 Å². The highest BCUT2D eigenvalue weighted by Crippen LogP contribution is 2.34. The number of para-hydroxylation sites is 1. The van der Waals surface area contributed by atoms with Gasteiger partial charge in [-0.05, 0) is 30.0 Å². The number of aliphatic carboxylic acids is 1. The Morgan fingerprint density at radius 3 is 2.52 bits per heavy atom. The van der Waals surface area contributed by atoms with Gasteiger partial charge in [-0.25, -0.2) is 0 Å². The second kappa shape index (κ2) is 8.07. The third-order valence-corrected chi connectivity index (χ3v) is 6.04. The molecule has 0 aliphatic carbocycles. The molecule has 2 aliphatic rings. The van der Waals surface area contributed by atoms with Gasteiger partial charge in [-0.15, -0.1) is 0 Å². The quantitative estimate of drug-likeness (QED) is 0.819. The van der Waals surface area contributed by atoms with Gasteiger partial charge >= 0.3 is 5.97 Å². The molecule has 2 aromatic rings. The van der Waals surface area contributed by atoms with Gasteiger partial charge in [0.25, 0.3) is 0 Å². The number of likely N-dealkylation sites (tertiary alicyclic amines) is 1. The molecule has 0 spiro atoms. The van der Waals surface area contributed by atoms with Gasteiger partial charge in [-0.3, -0.25) is 14.4 Å². The molecule has 2 aliphatic heterocycles. The second-order valence-electron chi connectivity index (χ2n) is 7.85. The normalized spacial score (nSPS) is 23.4. The van der Waals surface area contributed by atoms with Crippen LogP contribution in [0.15, 0.2) is 54.6 Å². The van der Waals surface area contributed by atoms with Crippen molar-refractivity contribution in [2.75, 3.05) is 18.4 Å². The molecule has 4 rings (SSSR count). The highest BCUT2D eigenvalue weighted by Gasteiger charge is 2.40. The first-order valence-corrected chi connectivity index (χ1v) is 9.97. The lowest BCUT2D eigenvalue weighted by molar-refractivity contribution is -0.141. The summed E-state index contributed by atoms with van der Waals surface area (Å²) in [7, 11) is 0. The van der Waals surface area contributed by atoms with Crippen LogP contribution in [-0.2, 0) is 20.8 Å². The Hall–Kier alpha value is -3.15. The fourth-order valence-corrected chi connectivity index (χ4v) is 4.40. The van der Waals surface area contributed by atoms with Gasteiger partial charge in [0.1, 0.15) is 0 Å². The summed E-state index contributed by atoms with van der Waals surface area (Å²) in [6.45, 7) is 0.618. The Bertz CT molecular complexity index is 927. The molecule has 0 aromatic heterocycles. The van der Waals surface area contributed by atoms with E-state index < -0.39 is 11.9 Å². The molecule has 0 saturated carbocycles. The fourth-order valence-electron chi connectivity index (χ4n) is 4.40. The minimum atomic E-state index is -0.877. The molecule has 0 bridgehead atoms. The average molecular weight is 392 g/mol.